The number of piperidine rings is 1. The highest BCUT2D eigenvalue weighted by Gasteiger charge is 2.33. The number of aliphatic hydroxyl groups is 1. The van der Waals surface area contributed by atoms with E-state index in [0.29, 0.717) is 25.3 Å². The van der Waals surface area contributed by atoms with E-state index < -0.39 is 0 Å². The number of anilines is 1. The number of amides is 1. The van der Waals surface area contributed by atoms with Crippen molar-refractivity contribution in [1.29, 1.82) is 0 Å². The molecule has 0 unspecified atom stereocenters. The van der Waals surface area contributed by atoms with Crippen LogP contribution in [0.5, 0.6) is 5.75 Å². The average Bonchev–Trinajstić information content (AvgIpc) is 3.37. The van der Waals surface area contributed by atoms with Gasteiger partial charge in [0.2, 0.25) is 0 Å². The molecule has 0 saturated carbocycles. The largest absolute Gasteiger partial charge is 0.490 e. The molecular formula is C24H29N3O4. The topological polar surface area (TPSA) is 75.1 Å². The second-order valence-corrected chi connectivity index (χ2v) is 8.82. The van der Waals surface area contributed by atoms with E-state index in [1.807, 2.05) is 26.0 Å². The molecule has 3 aliphatic rings. The van der Waals surface area contributed by atoms with E-state index in [2.05, 4.69) is 17.0 Å². The first-order valence-corrected chi connectivity index (χ1v) is 11.1. The van der Waals surface area contributed by atoms with Crippen LogP contribution >= 0.6 is 0 Å². The Morgan fingerprint density at radius 2 is 2.00 bits per heavy atom. The van der Waals surface area contributed by atoms with Gasteiger partial charge in [-0.15, -0.1) is 0 Å². The van der Waals surface area contributed by atoms with Gasteiger partial charge in [-0.1, -0.05) is 6.07 Å². The van der Waals surface area contributed by atoms with Gasteiger partial charge in [0.1, 0.15) is 17.7 Å². The van der Waals surface area contributed by atoms with Crippen LogP contribution in [0.4, 0.5) is 5.82 Å². The number of nitrogens with zero attached hydrogens (tertiary/aromatic N) is 3. The molecular weight excluding hydrogens is 394 g/mol. The van der Waals surface area contributed by atoms with Crippen LogP contribution in [-0.4, -0.2) is 52.7 Å². The number of hydrogen-bond donors (Lipinski definition) is 1. The van der Waals surface area contributed by atoms with Crippen LogP contribution in [0.1, 0.15) is 52.5 Å². The van der Waals surface area contributed by atoms with Crippen LogP contribution in [0.3, 0.4) is 0 Å². The standard InChI is InChI=1S/C24H29N3O4/c1-15-9-21-22(11-27(24(21)29)16(2)12-28)25-23(15)26-7-5-19(6-8-26)31-20-4-3-17-13-30-14-18(17)10-20/h3-4,9-10,16,19,28H,5-8,11-14H2,1-2H3/t16-/m1/s1. The van der Waals surface area contributed by atoms with E-state index in [-0.39, 0.29) is 24.7 Å². The van der Waals surface area contributed by atoms with Gasteiger partial charge in [-0.25, -0.2) is 4.98 Å². The van der Waals surface area contributed by atoms with Crippen molar-refractivity contribution in [3.63, 3.8) is 0 Å². The molecule has 7 heteroatoms. The molecule has 3 aliphatic heterocycles. The molecule has 1 aromatic carbocycles. The Morgan fingerprint density at radius 1 is 1.23 bits per heavy atom. The van der Waals surface area contributed by atoms with Crippen LogP contribution in [0.25, 0.3) is 0 Å². The van der Waals surface area contributed by atoms with Crippen molar-refractivity contribution in [1.82, 2.24) is 9.88 Å². The Balaban J connectivity index is 1.25. The average molecular weight is 424 g/mol. The fraction of sp³-hybridized carbons (Fsp3) is 0.500. The van der Waals surface area contributed by atoms with Gasteiger partial charge in [0, 0.05) is 25.9 Å². The van der Waals surface area contributed by atoms with Gasteiger partial charge in [0.15, 0.2) is 0 Å². The number of aromatic nitrogens is 1. The zero-order valence-electron chi connectivity index (χ0n) is 18.1. The summed E-state index contributed by atoms with van der Waals surface area (Å²) < 4.78 is 11.8. The molecule has 1 N–H and O–H groups in total. The second-order valence-electron chi connectivity index (χ2n) is 8.82. The minimum Gasteiger partial charge on any atom is -0.490 e. The molecule has 1 fully saturated rings. The SMILES string of the molecule is Cc1cc2c(nc1N1CCC(Oc3ccc4c(c3)COC4)CC1)CN([C@H](C)CO)C2=O. The van der Waals surface area contributed by atoms with Crippen LogP contribution in [0, 0.1) is 6.92 Å². The van der Waals surface area contributed by atoms with Crippen molar-refractivity contribution in [2.45, 2.75) is 58.6 Å². The molecule has 0 radical (unpaired) electrons. The van der Waals surface area contributed by atoms with E-state index in [4.69, 9.17) is 14.5 Å². The van der Waals surface area contributed by atoms with Gasteiger partial charge < -0.3 is 24.4 Å². The maximum atomic E-state index is 12.7. The minimum absolute atomic E-state index is 0.0365. The van der Waals surface area contributed by atoms with E-state index in [1.165, 1.54) is 11.1 Å². The number of carbonyl (C=O) groups is 1. The predicted octanol–water partition coefficient (Wildman–Crippen LogP) is 2.80. The molecule has 31 heavy (non-hydrogen) atoms. The first kappa shape index (κ1) is 20.3. The maximum Gasteiger partial charge on any atom is 0.256 e. The first-order valence-electron chi connectivity index (χ1n) is 11.1. The quantitative estimate of drug-likeness (QED) is 0.797. The summed E-state index contributed by atoms with van der Waals surface area (Å²) in [6, 6.07) is 8.01. The van der Waals surface area contributed by atoms with Gasteiger partial charge >= 0.3 is 0 Å². The number of fused-ring (bicyclic) bond motifs is 2. The fourth-order valence-corrected chi connectivity index (χ4v) is 4.71. The number of ether oxygens (including phenoxy) is 2. The third-order valence-electron chi connectivity index (χ3n) is 6.61. The first-order chi connectivity index (χ1) is 15.0. The van der Waals surface area contributed by atoms with Gasteiger partial charge in [-0.05, 0) is 48.7 Å². The van der Waals surface area contributed by atoms with Crippen molar-refractivity contribution in [3.8, 4) is 5.75 Å². The third-order valence-corrected chi connectivity index (χ3v) is 6.61. The lowest BCUT2D eigenvalue weighted by Gasteiger charge is -2.34. The summed E-state index contributed by atoms with van der Waals surface area (Å²) in [7, 11) is 0. The minimum atomic E-state index is -0.205. The van der Waals surface area contributed by atoms with Crippen LogP contribution < -0.4 is 9.64 Å². The van der Waals surface area contributed by atoms with Crippen LogP contribution in [0.15, 0.2) is 24.3 Å². The zero-order valence-corrected chi connectivity index (χ0v) is 18.1. The summed E-state index contributed by atoms with van der Waals surface area (Å²) in [5.74, 6) is 1.84. The molecule has 1 aromatic heterocycles. The van der Waals surface area contributed by atoms with Gasteiger partial charge in [0.05, 0.1) is 43.7 Å². The van der Waals surface area contributed by atoms with Gasteiger partial charge in [0.25, 0.3) is 5.91 Å². The highest BCUT2D eigenvalue weighted by atomic mass is 16.5. The monoisotopic (exact) mass is 423 g/mol. The highest BCUT2D eigenvalue weighted by Crippen LogP contribution is 2.31. The van der Waals surface area contributed by atoms with Crippen LogP contribution in [-0.2, 0) is 24.5 Å². The summed E-state index contributed by atoms with van der Waals surface area (Å²) in [4.78, 5) is 21.5. The lowest BCUT2D eigenvalue weighted by atomic mass is 10.1. The van der Waals surface area contributed by atoms with Crippen molar-refractivity contribution in [2.75, 3.05) is 24.6 Å². The summed E-state index contributed by atoms with van der Waals surface area (Å²) in [5.41, 5.74) is 4.98. The summed E-state index contributed by atoms with van der Waals surface area (Å²) in [5, 5.41) is 9.44. The highest BCUT2D eigenvalue weighted by molar-refractivity contribution is 5.98. The van der Waals surface area contributed by atoms with Crippen molar-refractivity contribution in [2.24, 2.45) is 0 Å². The second kappa shape index (κ2) is 8.13. The van der Waals surface area contributed by atoms with Gasteiger partial charge in [-0.3, -0.25) is 4.79 Å². The Hall–Kier alpha value is -2.64. The summed E-state index contributed by atoms with van der Waals surface area (Å²) >= 11 is 0. The number of rotatable bonds is 5. The fourth-order valence-electron chi connectivity index (χ4n) is 4.71. The molecule has 0 bridgehead atoms. The molecule has 5 rings (SSSR count). The molecule has 2 aromatic rings. The predicted molar refractivity (Wildman–Crippen MR) is 116 cm³/mol. The Morgan fingerprint density at radius 3 is 2.77 bits per heavy atom. The molecule has 1 amide bonds. The van der Waals surface area contributed by atoms with Crippen LogP contribution in [0.2, 0.25) is 0 Å². The smallest absolute Gasteiger partial charge is 0.256 e. The zero-order chi connectivity index (χ0) is 21.5. The number of pyridine rings is 1. The lowest BCUT2D eigenvalue weighted by molar-refractivity contribution is 0.0643. The van der Waals surface area contributed by atoms with E-state index >= 15 is 0 Å². The summed E-state index contributed by atoms with van der Waals surface area (Å²) in [6.45, 7) is 7.40. The maximum absolute atomic E-state index is 12.7. The van der Waals surface area contributed by atoms with Crippen molar-refractivity contribution in [3.05, 3.63) is 52.2 Å². The molecule has 1 atom stereocenters. The number of carbonyl (C=O) groups excluding carboxylic acids is 1. The number of aliphatic hydroxyl groups excluding tert-OH is 1. The Bertz CT molecular complexity index is 1000. The molecule has 0 aliphatic carbocycles. The lowest BCUT2D eigenvalue weighted by Crippen LogP contribution is -2.39. The summed E-state index contributed by atoms with van der Waals surface area (Å²) in [6.07, 6.45) is 2.05. The Labute approximate surface area is 182 Å². The van der Waals surface area contributed by atoms with E-state index in [0.717, 1.165) is 48.8 Å². The molecule has 164 valence electrons. The van der Waals surface area contributed by atoms with E-state index in [1.54, 1.807) is 4.90 Å². The normalized spacial score (nSPS) is 19.5. The Kier molecular flexibility index (Phi) is 5.32. The number of hydrogen-bond acceptors (Lipinski definition) is 6. The van der Waals surface area contributed by atoms with Gasteiger partial charge in [-0.2, -0.15) is 0 Å². The molecule has 4 heterocycles. The molecule has 1 saturated heterocycles. The van der Waals surface area contributed by atoms with E-state index in [9.17, 15) is 9.90 Å². The number of aryl methyl sites for hydroxylation is 1. The molecule has 0 spiro atoms. The number of benzene rings is 1. The molecule has 7 nitrogen and oxygen atoms in total. The third kappa shape index (κ3) is 3.77. The van der Waals surface area contributed by atoms with Crippen molar-refractivity contribution >= 4 is 11.7 Å². The van der Waals surface area contributed by atoms with Crippen molar-refractivity contribution < 1.29 is 19.4 Å².